The molecule has 0 aliphatic carbocycles. The van der Waals surface area contributed by atoms with E-state index in [-0.39, 0.29) is 11.9 Å². The molecular weight excluding hydrogens is 204 g/mol. The third-order valence-corrected chi connectivity index (χ3v) is 2.61. The van der Waals surface area contributed by atoms with Crippen molar-refractivity contribution in [2.45, 2.75) is 12.1 Å². The lowest BCUT2D eigenvalue weighted by Crippen LogP contribution is -2.23. The van der Waals surface area contributed by atoms with E-state index in [2.05, 4.69) is 0 Å². The number of amides is 1. The largest absolute Gasteiger partial charge is 0.367 e. The molecular formula is C12H12N2O2. The molecule has 0 aromatic heterocycles. The van der Waals surface area contributed by atoms with Crippen molar-refractivity contribution in [3.05, 3.63) is 35.9 Å². The van der Waals surface area contributed by atoms with Gasteiger partial charge in [0.25, 0.3) is 5.91 Å². The van der Waals surface area contributed by atoms with E-state index in [1.807, 2.05) is 36.4 Å². The molecule has 2 rings (SSSR count). The predicted octanol–water partition coefficient (Wildman–Crippen LogP) is 1.11. The number of carbonyl (C=O) groups is 1. The third kappa shape index (κ3) is 1.90. The molecule has 2 atom stereocenters. The van der Waals surface area contributed by atoms with Gasteiger partial charge in [-0.15, -0.1) is 0 Å². The average Bonchev–Trinajstić information content (AvgIpc) is 3.10. The topological polar surface area (TPSA) is 53.1 Å². The molecule has 1 unspecified atom stereocenters. The SMILES string of the molecule is CO[C@@H](C(=O)N1CC1C#N)c1ccccc1. The first-order valence-electron chi connectivity index (χ1n) is 5.05. The minimum Gasteiger partial charge on any atom is -0.367 e. The average molecular weight is 216 g/mol. The molecule has 0 radical (unpaired) electrons. The van der Waals surface area contributed by atoms with Gasteiger partial charge in [0.2, 0.25) is 0 Å². The van der Waals surface area contributed by atoms with Gasteiger partial charge in [0.1, 0.15) is 6.04 Å². The molecule has 16 heavy (non-hydrogen) atoms. The van der Waals surface area contributed by atoms with Crippen LogP contribution in [0.1, 0.15) is 11.7 Å². The molecule has 82 valence electrons. The summed E-state index contributed by atoms with van der Waals surface area (Å²) < 4.78 is 5.19. The van der Waals surface area contributed by atoms with Crippen LogP contribution in [0.4, 0.5) is 0 Å². The fraction of sp³-hybridized carbons (Fsp3) is 0.333. The van der Waals surface area contributed by atoms with Crippen LogP contribution in [0.5, 0.6) is 0 Å². The molecule has 4 nitrogen and oxygen atoms in total. The van der Waals surface area contributed by atoms with Gasteiger partial charge < -0.3 is 9.64 Å². The number of nitrogens with zero attached hydrogens (tertiary/aromatic N) is 2. The molecule has 0 N–H and O–H groups in total. The van der Waals surface area contributed by atoms with Crippen LogP contribution in [0.15, 0.2) is 30.3 Å². The molecule has 1 amide bonds. The highest BCUT2D eigenvalue weighted by Gasteiger charge is 2.42. The zero-order valence-electron chi connectivity index (χ0n) is 8.96. The summed E-state index contributed by atoms with van der Waals surface area (Å²) in [5.41, 5.74) is 0.818. The summed E-state index contributed by atoms with van der Waals surface area (Å²) in [6.45, 7) is 0.516. The fourth-order valence-electron chi connectivity index (χ4n) is 1.65. The van der Waals surface area contributed by atoms with Crippen molar-refractivity contribution < 1.29 is 9.53 Å². The molecule has 1 heterocycles. The van der Waals surface area contributed by atoms with Crippen molar-refractivity contribution in [2.24, 2.45) is 0 Å². The highest BCUT2D eigenvalue weighted by atomic mass is 16.5. The molecule has 1 saturated heterocycles. The van der Waals surface area contributed by atoms with Crippen LogP contribution in [0.3, 0.4) is 0 Å². The Morgan fingerprint density at radius 1 is 1.56 bits per heavy atom. The molecule has 1 aliphatic rings. The van der Waals surface area contributed by atoms with Crippen molar-refractivity contribution in [3.63, 3.8) is 0 Å². The lowest BCUT2D eigenvalue weighted by atomic mass is 10.1. The van der Waals surface area contributed by atoms with Crippen LogP contribution in [0.2, 0.25) is 0 Å². The number of carbonyl (C=O) groups excluding carboxylic acids is 1. The number of hydrogen-bond acceptors (Lipinski definition) is 3. The number of methoxy groups -OCH3 is 1. The van der Waals surface area contributed by atoms with Gasteiger partial charge in [0.15, 0.2) is 6.10 Å². The number of ether oxygens (including phenoxy) is 1. The third-order valence-electron chi connectivity index (χ3n) is 2.61. The molecule has 1 aromatic carbocycles. The van der Waals surface area contributed by atoms with Gasteiger partial charge in [-0.05, 0) is 5.56 Å². The Labute approximate surface area is 94.0 Å². The zero-order valence-corrected chi connectivity index (χ0v) is 8.96. The molecule has 1 fully saturated rings. The van der Waals surface area contributed by atoms with Crippen molar-refractivity contribution in [1.29, 1.82) is 5.26 Å². The summed E-state index contributed by atoms with van der Waals surface area (Å²) in [4.78, 5) is 13.5. The second-order valence-corrected chi connectivity index (χ2v) is 3.66. The quantitative estimate of drug-likeness (QED) is 0.711. The second-order valence-electron chi connectivity index (χ2n) is 3.66. The van der Waals surface area contributed by atoms with Crippen LogP contribution >= 0.6 is 0 Å². The monoisotopic (exact) mass is 216 g/mol. The molecule has 1 aromatic rings. The van der Waals surface area contributed by atoms with Crippen molar-refractivity contribution in [2.75, 3.05) is 13.7 Å². The van der Waals surface area contributed by atoms with Gasteiger partial charge in [0.05, 0.1) is 12.6 Å². The smallest absolute Gasteiger partial charge is 0.257 e. The first-order chi connectivity index (χ1) is 7.77. The Kier molecular flexibility index (Phi) is 2.88. The maximum atomic E-state index is 12.0. The van der Waals surface area contributed by atoms with Crippen LogP contribution in [0.25, 0.3) is 0 Å². The van der Waals surface area contributed by atoms with E-state index in [4.69, 9.17) is 10.00 Å². The van der Waals surface area contributed by atoms with Crippen LogP contribution in [0, 0.1) is 11.3 Å². The van der Waals surface area contributed by atoms with E-state index in [1.165, 1.54) is 12.0 Å². The minimum atomic E-state index is -0.598. The van der Waals surface area contributed by atoms with Gasteiger partial charge in [-0.1, -0.05) is 30.3 Å². The number of rotatable bonds is 3. The Morgan fingerprint density at radius 3 is 2.75 bits per heavy atom. The maximum absolute atomic E-state index is 12.0. The van der Waals surface area contributed by atoms with Crippen LogP contribution in [-0.4, -0.2) is 30.5 Å². The Morgan fingerprint density at radius 2 is 2.25 bits per heavy atom. The van der Waals surface area contributed by atoms with Crippen LogP contribution < -0.4 is 0 Å². The van der Waals surface area contributed by atoms with E-state index in [9.17, 15) is 4.79 Å². The second kappa shape index (κ2) is 4.33. The highest BCUT2D eigenvalue weighted by molar-refractivity contribution is 5.85. The number of benzene rings is 1. The summed E-state index contributed by atoms with van der Waals surface area (Å²) in [6, 6.07) is 11.1. The number of nitriles is 1. The summed E-state index contributed by atoms with van der Waals surface area (Å²) >= 11 is 0. The van der Waals surface area contributed by atoms with Crippen molar-refractivity contribution >= 4 is 5.91 Å². The Balaban J connectivity index is 2.13. The van der Waals surface area contributed by atoms with Gasteiger partial charge in [-0.25, -0.2) is 0 Å². The maximum Gasteiger partial charge on any atom is 0.257 e. The summed E-state index contributed by atoms with van der Waals surface area (Å²) in [7, 11) is 1.50. The van der Waals surface area contributed by atoms with E-state index in [1.54, 1.807) is 0 Å². The van der Waals surface area contributed by atoms with Crippen molar-refractivity contribution in [3.8, 4) is 6.07 Å². The van der Waals surface area contributed by atoms with Gasteiger partial charge in [-0.2, -0.15) is 5.26 Å². The minimum absolute atomic E-state index is 0.139. The molecule has 0 saturated carbocycles. The first kappa shape index (κ1) is 10.7. The van der Waals surface area contributed by atoms with Crippen molar-refractivity contribution in [1.82, 2.24) is 4.90 Å². The normalized spacial score (nSPS) is 20.0. The van der Waals surface area contributed by atoms with E-state index in [0.717, 1.165) is 5.56 Å². The van der Waals surface area contributed by atoms with E-state index >= 15 is 0 Å². The van der Waals surface area contributed by atoms with Gasteiger partial charge >= 0.3 is 0 Å². The summed E-state index contributed by atoms with van der Waals surface area (Å²) in [5, 5.41) is 8.67. The van der Waals surface area contributed by atoms with E-state index in [0.29, 0.717) is 6.54 Å². The predicted molar refractivity (Wildman–Crippen MR) is 57.3 cm³/mol. The van der Waals surface area contributed by atoms with E-state index < -0.39 is 6.10 Å². The molecule has 0 spiro atoms. The molecule has 1 aliphatic heterocycles. The summed E-state index contributed by atoms with van der Waals surface area (Å²) in [6.07, 6.45) is -0.598. The Bertz CT molecular complexity index is 424. The standard InChI is InChI=1S/C12H12N2O2/c1-16-11(9-5-3-2-4-6-9)12(15)14-8-10(14)7-13/h2-6,10-11H,8H2,1H3/t10?,11-,14?/m1/s1. The van der Waals surface area contributed by atoms with Gasteiger partial charge in [-0.3, -0.25) is 4.79 Å². The highest BCUT2D eigenvalue weighted by Crippen LogP contribution is 2.26. The zero-order chi connectivity index (χ0) is 11.5. The Hall–Kier alpha value is -1.86. The lowest BCUT2D eigenvalue weighted by molar-refractivity contribution is -0.136. The molecule has 4 heteroatoms. The fourth-order valence-corrected chi connectivity index (χ4v) is 1.65. The van der Waals surface area contributed by atoms with Crippen LogP contribution in [-0.2, 0) is 9.53 Å². The van der Waals surface area contributed by atoms with Gasteiger partial charge in [0, 0.05) is 7.11 Å². The first-order valence-corrected chi connectivity index (χ1v) is 5.05. The number of hydrogen-bond donors (Lipinski definition) is 0. The summed E-state index contributed by atoms with van der Waals surface area (Å²) in [5.74, 6) is -0.139. The molecule has 0 bridgehead atoms. The lowest BCUT2D eigenvalue weighted by Gasteiger charge is -2.14.